The summed E-state index contributed by atoms with van der Waals surface area (Å²) in [4.78, 5) is 23.4. The molecule has 0 atom stereocenters. The average molecular weight is 302 g/mol. The van der Waals surface area contributed by atoms with E-state index >= 15 is 0 Å². The lowest BCUT2D eigenvalue weighted by Gasteiger charge is -2.04. The van der Waals surface area contributed by atoms with Crippen molar-refractivity contribution in [3.63, 3.8) is 0 Å². The van der Waals surface area contributed by atoms with Crippen molar-refractivity contribution in [1.29, 1.82) is 0 Å². The van der Waals surface area contributed by atoms with Gasteiger partial charge in [-0.1, -0.05) is 0 Å². The van der Waals surface area contributed by atoms with Crippen LogP contribution in [0.3, 0.4) is 0 Å². The Kier molecular flexibility index (Phi) is 3.86. The van der Waals surface area contributed by atoms with Crippen molar-refractivity contribution in [2.75, 3.05) is 6.54 Å². The molecule has 0 aliphatic heterocycles. The van der Waals surface area contributed by atoms with Crippen molar-refractivity contribution >= 4 is 11.8 Å². The molecule has 1 aromatic carbocycles. The molecule has 2 aromatic rings. The van der Waals surface area contributed by atoms with Crippen LogP contribution in [0.1, 0.15) is 23.3 Å². The molecule has 114 valence electrons. The molecule has 0 saturated heterocycles. The minimum absolute atomic E-state index is 0.0692. The van der Waals surface area contributed by atoms with Crippen molar-refractivity contribution in [2.45, 2.75) is 18.9 Å². The summed E-state index contributed by atoms with van der Waals surface area (Å²) in [6.45, 7) is -0.0692. The molecular weight excluding hydrogens is 287 g/mol. The second-order valence-corrected chi connectivity index (χ2v) is 5.20. The number of aromatic nitrogens is 2. The first-order chi connectivity index (χ1) is 10.6. The fourth-order valence-corrected chi connectivity index (χ4v) is 1.97. The number of aromatic amines is 1. The van der Waals surface area contributed by atoms with Crippen LogP contribution in [-0.4, -0.2) is 34.6 Å². The highest BCUT2D eigenvalue weighted by Gasteiger charge is 2.23. The number of nitrogens with zero attached hydrogens (tertiary/aromatic N) is 1. The number of nitrogens with one attached hydrogen (secondary N) is 3. The van der Waals surface area contributed by atoms with Gasteiger partial charge in [0.25, 0.3) is 5.91 Å². The number of hydrogen-bond donors (Lipinski definition) is 3. The third-order valence-corrected chi connectivity index (χ3v) is 3.31. The minimum atomic E-state index is -0.410. The highest BCUT2D eigenvalue weighted by Crippen LogP contribution is 2.18. The molecule has 0 radical (unpaired) electrons. The normalized spacial score (nSPS) is 13.7. The van der Waals surface area contributed by atoms with Gasteiger partial charge in [-0.15, -0.1) is 0 Å². The van der Waals surface area contributed by atoms with Crippen LogP contribution in [0.15, 0.2) is 30.3 Å². The number of H-pyrrole nitrogens is 1. The average Bonchev–Trinajstić information content (AvgIpc) is 3.18. The Morgan fingerprint density at radius 3 is 2.68 bits per heavy atom. The van der Waals surface area contributed by atoms with E-state index in [0.717, 1.165) is 12.8 Å². The Labute approximate surface area is 126 Å². The van der Waals surface area contributed by atoms with Gasteiger partial charge in [-0.3, -0.25) is 14.7 Å². The molecule has 0 spiro atoms. The zero-order valence-corrected chi connectivity index (χ0v) is 11.7. The SMILES string of the molecule is O=C(CNC(=O)c1cc(-c2ccc(F)cc2)n[nH]1)NC1CC1. The molecule has 0 unspecified atom stereocenters. The maximum absolute atomic E-state index is 12.9. The summed E-state index contributed by atoms with van der Waals surface area (Å²) in [5, 5.41) is 11.9. The van der Waals surface area contributed by atoms with Crippen LogP contribution in [0, 0.1) is 5.82 Å². The number of benzene rings is 1. The Balaban J connectivity index is 1.58. The van der Waals surface area contributed by atoms with Crippen molar-refractivity contribution in [2.24, 2.45) is 0 Å². The predicted molar refractivity (Wildman–Crippen MR) is 77.5 cm³/mol. The smallest absolute Gasteiger partial charge is 0.269 e. The summed E-state index contributed by atoms with van der Waals surface area (Å²) in [6.07, 6.45) is 2.00. The van der Waals surface area contributed by atoms with Crippen LogP contribution in [0.2, 0.25) is 0 Å². The molecule has 1 heterocycles. The van der Waals surface area contributed by atoms with E-state index in [0.29, 0.717) is 11.3 Å². The molecule has 1 aliphatic carbocycles. The van der Waals surface area contributed by atoms with Crippen molar-refractivity contribution in [3.8, 4) is 11.3 Å². The molecule has 22 heavy (non-hydrogen) atoms. The van der Waals surface area contributed by atoms with Gasteiger partial charge < -0.3 is 10.6 Å². The van der Waals surface area contributed by atoms with Gasteiger partial charge in [-0.25, -0.2) is 4.39 Å². The second kappa shape index (κ2) is 5.97. The predicted octanol–water partition coefficient (Wildman–Crippen LogP) is 1.22. The van der Waals surface area contributed by atoms with Crippen LogP contribution >= 0.6 is 0 Å². The third kappa shape index (κ3) is 3.49. The lowest BCUT2D eigenvalue weighted by atomic mass is 10.1. The number of carbonyl (C=O) groups is 2. The summed E-state index contributed by atoms with van der Waals surface area (Å²) in [7, 11) is 0. The molecule has 1 fully saturated rings. The summed E-state index contributed by atoms with van der Waals surface area (Å²) in [5.74, 6) is -0.945. The van der Waals surface area contributed by atoms with E-state index in [1.807, 2.05) is 0 Å². The molecule has 6 nitrogen and oxygen atoms in total. The van der Waals surface area contributed by atoms with Gasteiger partial charge in [-0.05, 0) is 43.2 Å². The Hall–Kier alpha value is -2.70. The summed E-state index contributed by atoms with van der Waals surface area (Å²) in [5.41, 5.74) is 1.48. The van der Waals surface area contributed by atoms with Crippen molar-refractivity contribution in [1.82, 2.24) is 20.8 Å². The number of amides is 2. The van der Waals surface area contributed by atoms with Gasteiger partial charge in [0.05, 0.1) is 12.2 Å². The van der Waals surface area contributed by atoms with Crippen LogP contribution in [-0.2, 0) is 4.79 Å². The lowest BCUT2D eigenvalue weighted by molar-refractivity contribution is -0.120. The summed E-state index contributed by atoms with van der Waals surface area (Å²) < 4.78 is 12.9. The Bertz CT molecular complexity index is 692. The van der Waals surface area contributed by atoms with E-state index in [9.17, 15) is 14.0 Å². The van der Waals surface area contributed by atoms with Gasteiger partial charge in [0.2, 0.25) is 5.91 Å². The Morgan fingerprint density at radius 2 is 2.00 bits per heavy atom. The zero-order valence-electron chi connectivity index (χ0n) is 11.7. The van der Waals surface area contributed by atoms with E-state index < -0.39 is 5.91 Å². The Morgan fingerprint density at radius 1 is 1.27 bits per heavy atom. The highest BCUT2D eigenvalue weighted by molar-refractivity contribution is 5.95. The van der Waals surface area contributed by atoms with Crippen molar-refractivity contribution in [3.05, 3.63) is 41.8 Å². The van der Waals surface area contributed by atoms with Gasteiger partial charge in [0.15, 0.2) is 0 Å². The second-order valence-electron chi connectivity index (χ2n) is 5.20. The molecule has 2 amide bonds. The van der Waals surface area contributed by atoms with Crippen LogP contribution in [0.5, 0.6) is 0 Å². The molecular formula is C15H15FN4O2. The van der Waals surface area contributed by atoms with Gasteiger partial charge in [0.1, 0.15) is 11.5 Å². The minimum Gasteiger partial charge on any atom is -0.352 e. The van der Waals surface area contributed by atoms with E-state index in [2.05, 4.69) is 20.8 Å². The monoisotopic (exact) mass is 302 g/mol. The number of halogens is 1. The number of hydrogen-bond acceptors (Lipinski definition) is 3. The fraction of sp³-hybridized carbons (Fsp3) is 0.267. The number of carbonyl (C=O) groups excluding carboxylic acids is 2. The largest absolute Gasteiger partial charge is 0.352 e. The first-order valence-corrected chi connectivity index (χ1v) is 7.01. The first kappa shape index (κ1) is 14.2. The summed E-state index contributed by atoms with van der Waals surface area (Å²) >= 11 is 0. The highest BCUT2D eigenvalue weighted by atomic mass is 19.1. The van der Waals surface area contributed by atoms with Crippen LogP contribution < -0.4 is 10.6 Å². The molecule has 7 heteroatoms. The lowest BCUT2D eigenvalue weighted by Crippen LogP contribution is -2.37. The quantitative estimate of drug-likeness (QED) is 0.776. The maximum Gasteiger partial charge on any atom is 0.269 e. The van der Waals surface area contributed by atoms with Gasteiger partial charge >= 0.3 is 0 Å². The van der Waals surface area contributed by atoms with E-state index in [-0.39, 0.29) is 30.0 Å². The van der Waals surface area contributed by atoms with E-state index in [4.69, 9.17) is 0 Å². The van der Waals surface area contributed by atoms with Gasteiger partial charge in [0, 0.05) is 11.6 Å². The zero-order chi connectivity index (χ0) is 15.5. The fourth-order valence-electron chi connectivity index (χ4n) is 1.97. The number of rotatable bonds is 5. The summed E-state index contributed by atoms with van der Waals surface area (Å²) in [6, 6.07) is 7.63. The first-order valence-electron chi connectivity index (χ1n) is 7.01. The standard InChI is InChI=1S/C15H15FN4O2/c16-10-3-1-9(2-4-10)12-7-13(20-19-12)15(22)17-8-14(21)18-11-5-6-11/h1-4,7,11H,5-6,8H2,(H,17,22)(H,18,21)(H,19,20). The molecule has 1 saturated carbocycles. The van der Waals surface area contributed by atoms with E-state index in [1.165, 1.54) is 12.1 Å². The topological polar surface area (TPSA) is 86.9 Å². The van der Waals surface area contributed by atoms with Crippen LogP contribution in [0.25, 0.3) is 11.3 Å². The van der Waals surface area contributed by atoms with E-state index in [1.54, 1.807) is 18.2 Å². The molecule has 3 rings (SSSR count). The van der Waals surface area contributed by atoms with Crippen LogP contribution in [0.4, 0.5) is 4.39 Å². The van der Waals surface area contributed by atoms with Gasteiger partial charge in [-0.2, -0.15) is 5.10 Å². The van der Waals surface area contributed by atoms with Crippen molar-refractivity contribution < 1.29 is 14.0 Å². The maximum atomic E-state index is 12.9. The molecule has 0 bridgehead atoms. The molecule has 3 N–H and O–H groups in total. The molecule has 1 aliphatic rings. The third-order valence-electron chi connectivity index (χ3n) is 3.31. The molecule has 1 aromatic heterocycles.